The third-order valence-corrected chi connectivity index (χ3v) is 3.22. The van der Waals surface area contributed by atoms with Crippen LogP contribution < -0.4 is 5.32 Å². The summed E-state index contributed by atoms with van der Waals surface area (Å²) in [6.45, 7) is 10.9. The van der Waals surface area contributed by atoms with E-state index in [4.69, 9.17) is 0 Å². The number of carbonyl (C=O) groups is 1. The van der Waals surface area contributed by atoms with Crippen molar-refractivity contribution < 1.29 is 4.79 Å². The summed E-state index contributed by atoms with van der Waals surface area (Å²) in [6, 6.07) is 0.348. The number of nitrogens with one attached hydrogen (secondary N) is 1. The molecule has 0 unspecified atom stereocenters. The Morgan fingerprint density at radius 3 is 2.59 bits per heavy atom. The van der Waals surface area contributed by atoms with E-state index in [-0.39, 0.29) is 11.2 Å². The van der Waals surface area contributed by atoms with E-state index >= 15 is 0 Å². The largest absolute Gasteiger partial charge is 0.308 e. The molecular formula is C13H22N2OS. The molecule has 0 saturated heterocycles. The molecule has 3 nitrogen and oxygen atoms in total. The van der Waals surface area contributed by atoms with Gasteiger partial charge in [-0.05, 0) is 0 Å². The summed E-state index contributed by atoms with van der Waals surface area (Å²) in [6.07, 6.45) is 0.445. The summed E-state index contributed by atoms with van der Waals surface area (Å²) in [5, 5.41) is 6.11. The van der Waals surface area contributed by atoms with Gasteiger partial charge in [0.2, 0.25) is 0 Å². The Morgan fingerprint density at radius 1 is 1.47 bits per heavy atom. The standard InChI is InChI=1S/C13H22N2OS/c1-9(2)14-7-10(16)6-12-15-11(8-17-12)13(3,4)5/h8-9,14H,6-7H2,1-5H3. The molecule has 0 aliphatic rings. The van der Waals surface area contributed by atoms with Crippen LogP contribution in [0.15, 0.2) is 5.38 Å². The van der Waals surface area contributed by atoms with Crippen molar-refractivity contribution in [3.8, 4) is 0 Å². The molecule has 0 aliphatic heterocycles. The zero-order chi connectivity index (χ0) is 13.1. The molecule has 4 heteroatoms. The molecule has 1 N–H and O–H groups in total. The van der Waals surface area contributed by atoms with Crippen LogP contribution >= 0.6 is 11.3 Å². The van der Waals surface area contributed by atoms with Crippen LogP contribution in [0.5, 0.6) is 0 Å². The predicted octanol–water partition coefficient (Wildman–Crippen LogP) is 2.55. The van der Waals surface area contributed by atoms with Gasteiger partial charge in [0.1, 0.15) is 5.01 Å². The van der Waals surface area contributed by atoms with Crippen LogP contribution in [0.2, 0.25) is 0 Å². The van der Waals surface area contributed by atoms with Crippen molar-refractivity contribution in [2.75, 3.05) is 6.54 Å². The van der Waals surface area contributed by atoms with Gasteiger partial charge in [-0.1, -0.05) is 34.6 Å². The molecule has 0 atom stereocenters. The average Bonchev–Trinajstić information content (AvgIpc) is 2.62. The Bertz CT molecular complexity index is 377. The zero-order valence-corrected chi connectivity index (χ0v) is 12.1. The van der Waals surface area contributed by atoms with Crippen molar-refractivity contribution in [1.82, 2.24) is 10.3 Å². The first-order valence-electron chi connectivity index (χ1n) is 5.99. The number of thiazole rings is 1. The van der Waals surface area contributed by atoms with Crippen LogP contribution in [0.4, 0.5) is 0 Å². The predicted molar refractivity (Wildman–Crippen MR) is 72.7 cm³/mol. The van der Waals surface area contributed by atoms with Gasteiger partial charge in [-0.25, -0.2) is 4.98 Å². The molecule has 0 fully saturated rings. The Balaban J connectivity index is 2.52. The number of Topliss-reactive ketones (excluding diaryl/α,β-unsaturated/α-hetero) is 1. The summed E-state index contributed by atoms with van der Waals surface area (Å²) >= 11 is 1.58. The van der Waals surface area contributed by atoms with Crippen molar-refractivity contribution in [2.45, 2.75) is 52.5 Å². The molecule has 96 valence electrons. The highest BCUT2D eigenvalue weighted by atomic mass is 32.1. The quantitative estimate of drug-likeness (QED) is 0.878. The molecule has 0 radical (unpaired) electrons. The lowest BCUT2D eigenvalue weighted by atomic mass is 9.93. The number of hydrogen-bond donors (Lipinski definition) is 1. The Labute approximate surface area is 108 Å². The molecule has 1 aromatic heterocycles. The van der Waals surface area contributed by atoms with E-state index in [0.717, 1.165) is 10.7 Å². The third-order valence-electron chi connectivity index (χ3n) is 2.38. The van der Waals surface area contributed by atoms with Gasteiger partial charge >= 0.3 is 0 Å². The molecule has 0 aliphatic carbocycles. The van der Waals surface area contributed by atoms with E-state index in [1.807, 2.05) is 13.8 Å². The van der Waals surface area contributed by atoms with E-state index in [0.29, 0.717) is 19.0 Å². The van der Waals surface area contributed by atoms with Crippen LogP contribution in [-0.2, 0) is 16.6 Å². The number of nitrogens with zero attached hydrogens (tertiary/aromatic N) is 1. The van der Waals surface area contributed by atoms with Gasteiger partial charge in [-0.2, -0.15) is 0 Å². The van der Waals surface area contributed by atoms with E-state index < -0.39 is 0 Å². The Kier molecular flexibility index (Phi) is 4.83. The van der Waals surface area contributed by atoms with Gasteiger partial charge < -0.3 is 5.32 Å². The summed E-state index contributed by atoms with van der Waals surface area (Å²) < 4.78 is 0. The van der Waals surface area contributed by atoms with E-state index in [1.54, 1.807) is 11.3 Å². The van der Waals surface area contributed by atoms with Gasteiger partial charge in [0.15, 0.2) is 5.78 Å². The lowest BCUT2D eigenvalue weighted by Gasteiger charge is -2.14. The summed E-state index contributed by atoms with van der Waals surface area (Å²) in [4.78, 5) is 16.2. The van der Waals surface area contributed by atoms with E-state index in [2.05, 4.69) is 36.5 Å². The highest BCUT2D eigenvalue weighted by molar-refractivity contribution is 7.09. The number of carbonyl (C=O) groups excluding carboxylic acids is 1. The molecule has 0 spiro atoms. The monoisotopic (exact) mass is 254 g/mol. The molecule has 17 heavy (non-hydrogen) atoms. The first-order chi connectivity index (χ1) is 7.79. The first-order valence-corrected chi connectivity index (χ1v) is 6.87. The van der Waals surface area contributed by atoms with E-state index in [1.165, 1.54) is 0 Å². The molecule has 1 heterocycles. The minimum atomic E-state index is 0.0635. The highest BCUT2D eigenvalue weighted by Gasteiger charge is 2.18. The number of rotatable bonds is 5. The van der Waals surface area contributed by atoms with Crippen LogP contribution in [-0.4, -0.2) is 23.4 Å². The Morgan fingerprint density at radius 2 is 2.12 bits per heavy atom. The van der Waals surface area contributed by atoms with E-state index in [9.17, 15) is 4.79 Å². The molecule has 0 bridgehead atoms. The SMILES string of the molecule is CC(C)NCC(=O)Cc1nc(C(C)(C)C)cs1. The first kappa shape index (κ1) is 14.3. The lowest BCUT2D eigenvalue weighted by Crippen LogP contribution is -2.29. The second-order valence-corrected chi connectivity index (χ2v) is 6.57. The molecule has 0 aromatic carbocycles. The maximum absolute atomic E-state index is 11.7. The summed E-state index contributed by atoms with van der Waals surface area (Å²) in [5.41, 5.74) is 1.13. The summed E-state index contributed by atoms with van der Waals surface area (Å²) in [7, 11) is 0. The van der Waals surface area contributed by atoms with Crippen LogP contribution in [0, 0.1) is 0 Å². The third kappa shape index (κ3) is 4.96. The molecule has 0 amide bonds. The molecule has 1 aromatic rings. The van der Waals surface area contributed by atoms with Gasteiger partial charge in [0.25, 0.3) is 0 Å². The van der Waals surface area contributed by atoms with Gasteiger partial charge in [-0.15, -0.1) is 11.3 Å². The second-order valence-electron chi connectivity index (χ2n) is 5.63. The minimum absolute atomic E-state index is 0.0635. The number of hydrogen-bond acceptors (Lipinski definition) is 4. The lowest BCUT2D eigenvalue weighted by molar-refractivity contribution is -0.117. The fourth-order valence-corrected chi connectivity index (χ4v) is 2.33. The van der Waals surface area contributed by atoms with Crippen LogP contribution in [0.3, 0.4) is 0 Å². The normalized spacial score (nSPS) is 12.1. The van der Waals surface area contributed by atoms with Crippen molar-refractivity contribution in [2.24, 2.45) is 0 Å². The highest BCUT2D eigenvalue weighted by Crippen LogP contribution is 2.24. The molecular weight excluding hydrogens is 232 g/mol. The number of aromatic nitrogens is 1. The maximum Gasteiger partial charge on any atom is 0.153 e. The van der Waals surface area contributed by atoms with Gasteiger partial charge in [-0.3, -0.25) is 4.79 Å². The van der Waals surface area contributed by atoms with Crippen LogP contribution in [0.25, 0.3) is 0 Å². The van der Waals surface area contributed by atoms with Crippen molar-refractivity contribution >= 4 is 17.1 Å². The zero-order valence-electron chi connectivity index (χ0n) is 11.3. The summed E-state index contributed by atoms with van der Waals surface area (Å²) in [5.74, 6) is 0.202. The minimum Gasteiger partial charge on any atom is -0.308 e. The van der Waals surface area contributed by atoms with Gasteiger partial charge in [0, 0.05) is 16.8 Å². The van der Waals surface area contributed by atoms with Crippen molar-refractivity contribution in [1.29, 1.82) is 0 Å². The second kappa shape index (κ2) is 5.74. The molecule has 0 saturated carbocycles. The Hall–Kier alpha value is -0.740. The molecule has 1 rings (SSSR count). The fourth-order valence-electron chi connectivity index (χ4n) is 1.29. The van der Waals surface area contributed by atoms with Crippen molar-refractivity contribution in [3.05, 3.63) is 16.1 Å². The average molecular weight is 254 g/mol. The van der Waals surface area contributed by atoms with Crippen molar-refractivity contribution in [3.63, 3.8) is 0 Å². The number of ketones is 1. The smallest absolute Gasteiger partial charge is 0.153 e. The topological polar surface area (TPSA) is 42.0 Å². The maximum atomic E-state index is 11.7. The van der Waals surface area contributed by atoms with Gasteiger partial charge in [0.05, 0.1) is 18.7 Å². The van der Waals surface area contributed by atoms with Crippen LogP contribution in [0.1, 0.15) is 45.3 Å². The fraction of sp³-hybridized carbons (Fsp3) is 0.692.